The van der Waals surface area contributed by atoms with Crippen molar-refractivity contribution in [3.63, 3.8) is 0 Å². The molecule has 0 aromatic carbocycles. The van der Waals surface area contributed by atoms with Crippen molar-refractivity contribution in [2.24, 2.45) is 0 Å². The van der Waals surface area contributed by atoms with Crippen LogP contribution in [0.4, 0.5) is 8.78 Å². The predicted octanol–water partition coefficient (Wildman–Crippen LogP) is 1.57. The number of carbonyl (C=O) groups is 2. The topological polar surface area (TPSA) is 79.3 Å². The summed E-state index contributed by atoms with van der Waals surface area (Å²) in [7, 11) is 0. The summed E-state index contributed by atoms with van der Waals surface area (Å²) in [4.78, 5) is 25.8. The molecule has 5 nitrogen and oxygen atoms in total. The van der Waals surface area contributed by atoms with E-state index in [1.54, 1.807) is 0 Å². The van der Waals surface area contributed by atoms with Gasteiger partial charge in [0.1, 0.15) is 11.7 Å². The van der Waals surface area contributed by atoms with Gasteiger partial charge in [-0.05, 0) is 12.1 Å². The number of nitrogens with one attached hydrogen (secondary N) is 1. The van der Waals surface area contributed by atoms with Crippen LogP contribution in [0.15, 0.2) is 18.3 Å². The second-order valence-electron chi connectivity index (χ2n) is 3.35. The average molecular weight is 279 g/mol. The number of hydrogen-bond donors (Lipinski definition) is 2. The quantitative estimate of drug-likeness (QED) is 0.857. The number of halogens is 3. The molecule has 1 aromatic rings. The highest BCUT2D eigenvalue weighted by atomic mass is 35.5. The molecule has 8 heteroatoms. The first kappa shape index (κ1) is 14.3. The summed E-state index contributed by atoms with van der Waals surface area (Å²) in [5.41, 5.74) is -0.0973. The third-order valence-corrected chi connectivity index (χ3v) is 2.20. The lowest BCUT2D eigenvalue weighted by molar-refractivity contribution is -0.140. The lowest BCUT2D eigenvalue weighted by Crippen LogP contribution is -2.42. The molecule has 1 heterocycles. The number of amides is 1. The fourth-order valence-corrected chi connectivity index (χ4v) is 1.25. The Kier molecular flexibility index (Phi) is 4.96. The van der Waals surface area contributed by atoms with Gasteiger partial charge in [0.25, 0.3) is 5.91 Å². The van der Waals surface area contributed by atoms with Gasteiger partial charge in [-0.25, -0.2) is 18.6 Å². The molecule has 0 radical (unpaired) electrons. The highest BCUT2D eigenvalue weighted by Gasteiger charge is 2.24. The molecule has 0 saturated carbocycles. The Labute approximate surface area is 106 Å². The van der Waals surface area contributed by atoms with Gasteiger partial charge >= 0.3 is 5.97 Å². The second kappa shape index (κ2) is 6.25. The Balaban J connectivity index is 2.72. The molecule has 0 bridgehead atoms. The molecule has 2 N–H and O–H groups in total. The molecule has 98 valence electrons. The molecule has 0 aliphatic rings. The van der Waals surface area contributed by atoms with E-state index in [0.29, 0.717) is 5.02 Å². The molecule has 1 atom stereocenters. The zero-order valence-corrected chi connectivity index (χ0v) is 9.69. The summed E-state index contributed by atoms with van der Waals surface area (Å²) in [6.45, 7) is 0. The van der Waals surface area contributed by atoms with E-state index in [4.69, 9.17) is 16.7 Å². The van der Waals surface area contributed by atoms with Gasteiger partial charge in [0, 0.05) is 12.6 Å². The molecule has 0 spiro atoms. The van der Waals surface area contributed by atoms with Crippen molar-refractivity contribution in [2.45, 2.75) is 18.9 Å². The molecule has 1 unspecified atom stereocenters. The van der Waals surface area contributed by atoms with Crippen molar-refractivity contribution in [1.29, 1.82) is 0 Å². The second-order valence-corrected chi connectivity index (χ2v) is 3.79. The van der Waals surface area contributed by atoms with Crippen molar-refractivity contribution in [2.75, 3.05) is 0 Å². The third kappa shape index (κ3) is 4.25. The zero-order valence-electron chi connectivity index (χ0n) is 8.94. The molecule has 18 heavy (non-hydrogen) atoms. The van der Waals surface area contributed by atoms with Crippen molar-refractivity contribution in [3.8, 4) is 0 Å². The normalized spacial score (nSPS) is 12.2. The first-order valence-electron chi connectivity index (χ1n) is 4.83. The van der Waals surface area contributed by atoms with Crippen LogP contribution in [-0.2, 0) is 4.79 Å². The minimum Gasteiger partial charge on any atom is -0.480 e. The highest BCUT2D eigenvalue weighted by Crippen LogP contribution is 2.08. The van der Waals surface area contributed by atoms with E-state index in [2.05, 4.69) is 4.98 Å². The molecule has 0 fully saturated rings. The summed E-state index contributed by atoms with van der Waals surface area (Å²) >= 11 is 5.55. The first-order chi connectivity index (χ1) is 8.40. The lowest BCUT2D eigenvalue weighted by Gasteiger charge is -2.13. The molecule has 0 saturated heterocycles. The van der Waals surface area contributed by atoms with Gasteiger partial charge in [-0.2, -0.15) is 0 Å². The Morgan fingerprint density at radius 1 is 1.44 bits per heavy atom. The Hall–Kier alpha value is -1.76. The molecular formula is C10H9ClF2N2O3. The van der Waals surface area contributed by atoms with Crippen LogP contribution in [0.3, 0.4) is 0 Å². The van der Waals surface area contributed by atoms with Crippen LogP contribution in [0.1, 0.15) is 16.9 Å². The van der Waals surface area contributed by atoms with Crippen molar-refractivity contribution in [3.05, 3.63) is 29.0 Å². The Bertz CT molecular complexity index is 439. The average Bonchev–Trinajstić information content (AvgIpc) is 2.28. The Morgan fingerprint density at radius 3 is 2.56 bits per heavy atom. The maximum atomic E-state index is 12.1. The predicted molar refractivity (Wildman–Crippen MR) is 58.8 cm³/mol. The molecule has 1 amide bonds. The summed E-state index contributed by atoms with van der Waals surface area (Å²) in [5.74, 6) is -2.38. The fraction of sp³-hybridized carbons (Fsp3) is 0.300. The van der Waals surface area contributed by atoms with E-state index in [9.17, 15) is 18.4 Å². The molecule has 0 aliphatic carbocycles. The standard InChI is InChI=1S/C10H9ClF2N2O3/c11-5-1-2-6(14-4-5)9(16)15-7(10(17)18)3-8(12)13/h1-2,4,7-8H,3H2,(H,15,16)(H,17,18). The fourth-order valence-electron chi connectivity index (χ4n) is 1.14. The van der Waals surface area contributed by atoms with Crippen molar-refractivity contribution < 1.29 is 23.5 Å². The molecule has 1 rings (SSSR count). The van der Waals surface area contributed by atoms with E-state index in [-0.39, 0.29) is 5.69 Å². The van der Waals surface area contributed by atoms with Gasteiger partial charge in [0.15, 0.2) is 0 Å². The van der Waals surface area contributed by atoms with E-state index in [1.807, 2.05) is 5.32 Å². The van der Waals surface area contributed by atoms with Crippen molar-refractivity contribution in [1.82, 2.24) is 10.3 Å². The van der Waals surface area contributed by atoms with Gasteiger partial charge in [-0.3, -0.25) is 4.79 Å². The summed E-state index contributed by atoms with van der Waals surface area (Å²) in [5, 5.41) is 10.9. The van der Waals surface area contributed by atoms with Gasteiger partial charge < -0.3 is 10.4 Å². The van der Waals surface area contributed by atoms with Crippen LogP contribution >= 0.6 is 11.6 Å². The molecular weight excluding hydrogens is 270 g/mol. The highest BCUT2D eigenvalue weighted by molar-refractivity contribution is 6.30. The summed E-state index contributed by atoms with van der Waals surface area (Å²) in [6.07, 6.45) is -2.60. The van der Waals surface area contributed by atoms with Gasteiger partial charge in [0.2, 0.25) is 6.43 Å². The Morgan fingerprint density at radius 2 is 2.11 bits per heavy atom. The number of nitrogens with zero attached hydrogens (tertiary/aromatic N) is 1. The monoisotopic (exact) mass is 278 g/mol. The number of aromatic nitrogens is 1. The minimum atomic E-state index is -2.83. The number of carbonyl (C=O) groups excluding carboxylic acids is 1. The number of aliphatic carboxylic acids is 1. The number of carboxylic acid groups (broad SMARTS) is 1. The minimum absolute atomic E-state index is 0.0973. The molecule has 0 aliphatic heterocycles. The van der Waals surface area contributed by atoms with E-state index in [0.717, 1.165) is 0 Å². The van der Waals surface area contributed by atoms with E-state index >= 15 is 0 Å². The number of carboxylic acids is 1. The van der Waals surface area contributed by atoms with E-state index < -0.39 is 30.8 Å². The van der Waals surface area contributed by atoms with Crippen LogP contribution in [0.5, 0.6) is 0 Å². The number of rotatable bonds is 5. The largest absolute Gasteiger partial charge is 0.480 e. The smallest absolute Gasteiger partial charge is 0.326 e. The maximum absolute atomic E-state index is 12.1. The van der Waals surface area contributed by atoms with Gasteiger partial charge in [-0.1, -0.05) is 11.6 Å². The summed E-state index contributed by atoms with van der Waals surface area (Å²) in [6, 6.07) is 0.987. The zero-order chi connectivity index (χ0) is 13.7. The SMILES string of the molecule is O=C(NC(CC(F)F)C(=O)O)c1ccc(Cl)cn1. The van der Waals surface area contributed by atoms with Crippen LogP contribution < -0.4 is 5.32 Å². The summed E-state index contributed by atoms with van der Waals surface area (Å²) < 4.78 is 24.2. The van der Waals surface area contributed by atoms with Crippen LogP contribution in [0, 0.1) is 0 Å². The number of pyridine rings is 1. The number of alkyl halides is 2. The number of hydrogen-bond acceptors (Lipinski definition) is 3. The third-order valence-electron chi connectivity index (χ3n) is 1.98. The van der Waals surface area contributed by atoms with E-state index in [1.165, 1.54) is 18.3 Å². The first-order valence-corrected chi connectivity index (χ1v) is 5.21. The lowest BCUT2D eigenvalue weighted by atomic mass is 10.2. The van der Waals surface area contributed by atoms with Crippen LogP contribution in [-0.4, -0.2) is 34.4 Å². The van der Waals surface area contributed by atoms with Crippen molar-refractivity contribution >= 4 is 23.5 Å². The van der Waals surface area contributed by atoms with Gasteiger partial charge in [0.05, 0.1) is 5.02 Å². The molecule has 1 aromatic heterocycles. The van der Waals surface area contributed by atoms with Gasteiger partial charge in [-0.15, -0.1) is 0 Å². The van der Waals surface area contributed by atoms with Crippen LogP contribution in [0.25, 0.3) is 0 Å². The maximum Gasteiger partial charge on any atom is 0.326 e. The van der Waals surface area contributed by atoms with Crippen LogP contribution in [0.2, 0.25) is 5.02 Å².